The molecule has 0 unspecified atom stereocenters. The lowest BCUT2D eigenvalue weighted by molar-refractivity contribution is -0.129. The van der Waals surface area contributed by atoms with Crippen LogP contribution in [0, 0.1) is 20.8 Å². The van der Waals surface area contributed by atoms with Crippen LogP contribution in [0.15, 0.2) is 18.2 Å². The Morgan fingerprint density at radius 1 is 1.17 bits per heavy atom. The first kappa shape index (κ1) is 17.9. The van der Waals surface area contributed by atoms with Crippen LogP contribution in [-0.2, 0) is 4.79 Å². The van der Waals surface area contributed by atoms with Crippen molar-refractivity contribution in [1.82, 2.24) is 15.2 Å². The van der Waals surface area contributed by atoms with Crippen LogP contribution in [0.5, 0.6) is 0 Å². The third kappa shape index (κ3) is 2.86. The zero-order valence-corrected chi connectivity index (χ0v) is 15.4. The predicted molar refractivity (Wildman–Crippen MR) is 96.2 cm³/mol. The molecular formula is C19H25N3O2. The summed E-state index contributed by atoms with van der Waals surface area (Å²) in [6, 6.07) is 5.89. The monoisotopic (exact) mass is 327 g/mol. The predicted octanol–water partition coefficient (Wildman–Crippen LogP) is 2.76. The van der Waals surface area contributed by atoms with Crippen molar-refractivity contribution in [3.8, 4) is 0 Å². The van der Waals surface area contributed by atoms with Gasteiger partial charge < -0.3 is 10.2 Å². The number of hydrogen-bond acceptors (Lipinski definition) is 3. The van der Waals surface area contributed by atoms with Crippen LogP contribution in [0.3, 0.4) is 0 Å². The summed E-state index contributed by atoms with van der Waals surface area (Å²) in [5.74, 6) is -0.385. The largest absolute Gasteiger partial charge is 0.357 e. The summed E-state index contributed by atoms with van der Waals surface area (Å²) in [4.78, 5) is 31.5. The van der Waals surface area contributed by atoms with Crippen LogP contribution in [-0.4, -0.2) is 41.3 Å². The van der Waals surface area contributed by atoms with E-state index in [1.165, 1.54) is 4.90 Å². The molecule has 0 radical (unpaired) electrons. The second-order valence-electron chi connectivity index (χ2n) is 6.72. The average Bonchev–Trinajstić information content (AvgIpc) is 2.54. The molecule has 128 valence electrons. The van der Waals surface area contributed by atoms with Gasteiger partial charge in [0, 0.05) is 25.2 Å². The van der Waals surface area contributed by atoms with E-state index in [1.807, 2.05) is 39.0 Å². The number of benzene rings is 1. The molecule has 0 atom stereocenters. The molecule has 0 aliphatic rings. The second kappa shape index (κ2) is 6.23. The van der Waals surface area contributed by atoms with Crippen LogP contribution < -0.4 is 5.32 Å². The van der Waals surface area contributed by atoms with Crippen LogP contribution in [0.1, 0.15) is 41.0 Å². The molecule has 24 heavy (non-hydrogen) atoms. The van der Waals surface area contributed by atoms with Gasteiger partial charge in [0.05, 0.1) is 11.1 Å². The Labute approximate surface area is 143 Å². The van der Waals surface area contributed by atoms with Gasteiger partial charge in [-0.15, -0.1) is 0 Å². The summed E-state index contributed by atoms with van der Waals surface area (Å²) in [5.41, 5.74) is 3.18. The van der Waals surface area contributed by atoms with Crippen molar-refractivity contribution in [2.45, 2.75) is 40.2 Å². The van der Waals surface area contributed by atoms with Gasteiger partial charge in [-0.05, 0) is 52.3 Å². The number of nitrogens with zero attached hydrogens (tertiary/aromatic N) is 2. The molecule has 2 rings (SSSR count). The topological polar surface area (TPSA) is 62.3 Å². The molecule has 1 aromatic carbocycles. The number of carbonyl (C=O) groups is 2. The highest BCUT2D eigenvalue weighted by Crippen LogP contribution is 2.27. The molecule has 1 N–H and O–H groups in total. The van der Waals surface area contributed by atoms with E-state index in [4.69, 9.17) is 0 Å². The molecule has 0 bridgehead atoms. The Hall–Kier alpha value is -2.43. The van der Waals surface area contributed by atoms with Crippen molar-refractivity contribution < 1.29 is 9.59 Å². The lowest BCUT2D eigenvalue weighted by Crippen LogP contribution is -2.54. The summed E-state index contributed by atoms with van der Waals surface area (Å²) in [6.07, 6.45) is 0. The van der Waals surface area contributed by atoms with Gasteiger partial charge in [-0.2, -0.15) is 0 Å². The summed E-state index contributed by atoms with van der Waals surface area (Å²) in [6.45, 7) is 9.26. The minimum Gasteiger partial charge on any atom is -0.357 e. The SMILES string of the molecule is CNC(=O)C(C)(C)N(C)C(=O)c1c(C)c(C)nc2ccc(C)cc12. The molecular weight excluding hydrogens is 302 g/mol. The molecule has 0 aliphatic carbocycles. The van der Waals surface area contributed by atoms with E-state index < -0.39 is 5.54 Å². The zero-order valence-electron chi connectivity index (χ0n) is 15.4. The number of nitrogens with one attached hydrogen (secondary N) is 1. The molecule has 5 nitrogen and oxygen atoms in total. The number of pyridine rings is 1. The van der Waals surface area contributed by atoms with E-state index in [0.717, 1.165) is 27.7 Å². The van der Waals surface area contributed by atoms with Gasteiger partial charge in [0.15, 0.2) is 0 Å². The third-order valence-corrected chi connectivity index (χ3v) is 4.77. The molecule has 0 aliphatic heterocycles. The highest BCUT2D eigenvalue weighted by molar-refractivity contribution is 6.09. The van der Waals surface area contributed by atoms with Crippen LogP contribution >= 0.6 is 0 Å². The molecule has 0 fully saturated rings. The quantitative estimate of drug-likeness (QED) is 0.943. The molecule has 5 heteroatoms. The first-order valence-electron chi connectivity index (χ1n) is 7.99. The minimum atomic E-state index is -0.953. The average molecular weight is 327 g/mol. The molecule has 2 amide bonds. The number of amides is 2. The van der Waals surface area contributed by atoms with Gasteiger partial charge in [-0.25, -0.2) is 0 Å². The Morgan fingerprint density at radius 2 is 1.79 bits per heavy atom. The van der Waals surface area contributed by atoms with E-state index in [9.17, 15) is 9.59 Å². The summed E-state index contributed by atoms with van der Waals surface area (Å²) in [5, 5.41) is 3.44. The molecule has 0 saturated carbocycles. The number of rotatable bonds is 3. The van der Waals surface area contributed by atoms with Crippen LogP contribution in [0.25, 0.3) is 10.9 Å². The number of aryl methyl sites for hydroxylation is 2. The minimum absolute atomic E-state index is 0.179. The number of carbonyl (C=O) groups excluding carboxylic acids is 2. The standard InChI is InChI=1S/C19H25N3O2/c1-11-8-9-15-14(10-11)16(12(2)13(3)21-15)17(23)22(7)19(4,5)18(24)20-6/h8-10H,1-7H3,(H,20,24). The smallest absolute Gasteiger partial charge is 0.255 e. The highest BCUT2D eigenvalue weighted by atomic mass is 16.2. The van der Waals surface area contributed by atoms with Gasteiger partial charge in [-0.1, -0.05) is 11.6 Å². The lowest BCUT2D eigenvalue weighted by atomic mass is 9.96. The molecule has 0 spiro atoms. The van der Waals surface area contributed by atoms with Crippen molar-refractivity contribution in [3.05, 3.63) is 40.6 Å². The summed E-state index contributed by atoms with van der Waals surface area (Å²) in [7, 11) is 3.23. The Morgan fingerprint density at radius 3 is 2.38 bits per heavy atom. The van der Waals surface area contributed by atoms with Gasteiger partial charge in [-0.3, -0.25) is 14.6 Å². The van der Waals surface area contributed by atoms with Crippen molar-refractivity contribution in [2.24, 2.45) is 0 Å². The van der Waals surface area contributed by atoms with Gasteiger partial charge >= 0.3 is 0 Å². The summed E-state index contributed by atoms with van der Waals surface area (Å²) < 4.78 is 0. The van der Waals surface area contributed by atoms with Gasteiger partial charge in [0.2, 0.25) is 5.91 Å². The Kier molecular flexibility index (Phi) is 4.65. The maximum absolute atomic E-state index is 13.2. The first-order valence-corrected chi connectivity index (χ1v) is 7.99. The fourth-order valence-corrected chi connectivity index (χ4v) is 2.75. The van der Waals surface area contributed by atoms with Crippen molar-refractivity contribution in [1.29, 1.82) is 0 Å². The summed E-state index contributed by atoms with van der Waals surface area (Å²) >= 11 is 0. The molecule has 0 saturated heterocycles. The number of likely N-dealkylation sites (N-methyl/N-ethyl adjacent to an activating group) is 2. The molecule has 1 heterocycles. The van der Waals surface area contributed by atoms with Crippen molar-refractivity contribution in [2.75, 3.05) is 14.1 Å². The van der Waals surface area contributed by atoms with Gasteiger partial charge in [0.1, 0.15) is 5.54 Å². The van der Waals surface area contributed by atoms with E-state index >= 15 is 0 Å². The van der Waals surface area contributed by atoms with Crippen molar-refractivity contribution in [3.63, 3.8) is 0 Å². The van der Waals surface area contributed by atoms with Crippen LogP contribution in [0.2, 0.25) is 0 Å². The molecule has 2 aromatic rings. The van der Waals surface area contributed by atoms with Crippen molar-refractivity contribution >= 4 is 22.7 Å². The van der Waals surface area contributed by atoms with E-state index in [-0.39, 0.29) is 11.8 Å². The van der Waals surface area contributed by atoms with E-state index in [2.05, 4.69) is 10.3 Å². The number of hydrogen-bond donors (Lipinski definition) is 1. The lowest BCUT2D eigenvalue weighted by Gasteiger charge is -2.34. The first-order chi connectivity index (χ1) is 11.1. The number of fused-ring (bicyclic) bond motifs is 1. The normalized spacial score (nSPS) is 11.5. The maximum atomic E-state index is 13.2. The van der Waals surface area contributed by atoms with Crippen LogP contribution in [0.4, 0.5) is 0 Å². The fraction of sp³-hybridized carbons (Fsp3) is 0.421. The molecule has 1 aromatic heterocycles. The highest BCUT2D eigenvalue weighted by Gasteiger charge is 2.36. The number of aromatic nitrogens is 1. The van der Waals surface area contributed by atoms with Gasteiger partial charge in [0.25, 0.3) is 5.91 Å². The van der Waals surface area contributed by atoms with E-state index in [0.29, 0.717) is 5.56 Å². The second-order valence-corrected chi connectivity index (χ2v) is 6.72. The Balaban J connectivity index is 2.67. The third-order valence-electron chi connectivity index (χ3n) is 4.77. The fourth-order valence-electron chi connectivity index (χ4n) is 2.75. The zero-order chi connectivity index (χ0) is 18.2. The van der Waals surface area contributed by atoms with E-state index in [1.54, 1.807) is 27.9 Å². The Bertz CT molecular complexity index is 825. The maximum Gasteiger partial charge on any atom is 0.255 e.